The Bertz CT molecular complexity index is 871. The average molecular weight is 382 g/mol. The zero-order valence-corrected chi connectivity index (χ0v) is 15.4. The number of rotatable bonds is 6. The SMILES string of the molecule is O=C(Nc1ccccc1)C1CCCN(c2ncc([N+](=O)[O-])c(NC3CC3)n2)C1. The Hall–Kier alpha value is -3.23. The maximum atomic E-state index is 12.6. The largest absolute Gasteiger partial charge is 0.361 e. The molecule has 4 rings (SSSR count). The van der Waals surface area contributed by atoms with E-state index >= 15 is 0 Å². The zero-order chi connectivity index (χ0) is 19.5. The first-order valence-corrected chi connectivity index (χ1v) is 9.49. The molecule has 9 heteroatoms. The third-order valence-corrected chi connectivity index (χ3v) is 4.99. The van der Waals surface area contributed by atoms with E-state index in [1.165, 1.54) is 6.20 Å². The molecule has 2 heterocycles. The van der Waals surface area contributed by atoms with Crippen molar-refractivity contribution in [3.05, 3.63) is 46.6 Å². The molecule has 0 bridgehead atoms. The van der Waals surface area contributed by atoms with Crippen molar-refractivity contribution in [2.75, 3.05) is 28.6 Å². The molecule has 0 spiro atoms. The summed E-state index contributed by atoms with van der Waals surface area (Å²) in [5.74, 6) is 0.459. The maximum Gasteiger partial charge on any atom is 0.329 e. The number of nitrogens with zero attached hydrogens (tertiary/aromatic N) is 4. The van der Waals surface area contributed by atoms with Gasteiger partial charge in [-0.25, -0.2) is 4.98 Å². The fraction of sp³-hybridized carbons (Fsp3) is 0.421. The lowest BCUT2D eigenvalue weighted by Crippen LogP contribution is -2.41. The molecular weight excluding hydrogens is 360 g/mol. The number of hydrogen-bond donors (Lipinski definition) is 2. The Morgan fingerprint density at radius 1 is 1.21 bits per heavy atom. The van der Waals surface area contributed by atoms with Crippen molar-refractivity contribution < 1.29 is 9.72 Å². The number of nitro groups is 1. The number of amides is 1. The van der Waals surface area contributed by atoms with Crippen molar-refractivity contribution in [1.82, 2.24) is 9.97 Å². The van der Waals surface area contributed by atoms with Gasteiger partial charge in [-0.05, 0) is 37.8 Å². The van der Waals surface area contributed by atoms with Gasteiger partial charge in [-0.2, -0.15) is 4.98 Å². The van der Waals surface area contributed by atoms with Gasteiger partial charge in [0.2, 0.25) is 17.7 Å². The summed E-state index contributed by atoms with van der Waals surface area (Å²) in [6.07, 6.45) is 4.85. The number of benzene rings is 1. The highest BCUT2D eigenvalue weighted by Gasteiger charge is 2.30. The van der Waals surface area contributed by atoms with Crippen LogP contribution in [0.15, 0.2) is 36.5 Å². The first-order chi connectivity index (χ1) is 13.6. The summed E-state index contributed by atoms with van der Waals surface area (Å²) in [5, 5.41) is 17.3. The van der Waals surface area contributed by atoms with Crippen LogP contribution in [0.2, 0.25) is 0 Å². The average Bonchev–Trinajstić information content (AvgIpc) is 3.52. The van der Waals surface area contributed by atoms with Gasteiger partial charge in [-0.3, -0.25) is 14.9 Å². The van der Waals surface area contributed by atoms with Gasteiger partial charge in [-0.15, -0.1) is 0 Å². The lowest BCUT2D eigenvalue weighted by atomic mass is 9.97. The number of piperidine rings is 1. The molecule has 2 fully saturated rings. The molecule has 1 amide bonds. The molecular formula is C19H22N6O3. The maximum absolute atomic E-state index is 12.6. The molecule has 1 saturated carbocycles. The molecule has 2 aliphatic rings. The van der Waals surface area contributed by atoms with E-state index in [9.17, 15) is 14.9 Å². The van der Waals surface area contributed by atoms with Crippen molar-refractivity contribution in [3.8, 4) is 0 Å². The number of anilines is 3. The number of carbonyl (C=O) groups is 1. The quantitative estimate of drug-likeness (QED) is 0.583. The molecule has 2 aromatic rings. The predicted octanol–water partition coefficient (Wildman–Crippen LogP) is 2.81. The van der Waals surface area contributed by atoms with Crippen molar-refractivity contribution in [1.29, 1.82) is 0 Å². The van der Waals surface area contributed by atoms with Gasteiger partial charge in [0.25, 0.3) is 0 Å². The van der Waals surface area contributed by atoms with Gasteiger partial charge < -0.3 is 15.5 Å². The minimum absolute atomic E-state index is 0.0332. The Morgan fingerprint density at radius 3 is 2.71 bits per heavy atom. The van der Waals surface area contributed by atoms with Crippen molar-refractivity contribution in [2.45, 2.75) is 31.7 Å². The van der Waals surface area contributed by atoms with Gasteiger partial charge in [0.1, 0.15) is 6.20 Å². The van der Waals surface area contributed by atoms with E-state index < -0.39 is 4.92 Å². The number of nitrogens with one attached hydrogen (secondary N) is 2. The van der Waals surface area contributed by atoms with Crippen LogP contribution in [0.3, 0.4) is 0 Å². The third kappa shape index (κ3) is 4.19. The van der Waals surface area contributed by atoms with Crippen molar-refractivity contribution >= 4 is 29.0 Å². The molecule has 2 N–H and O–H groups in total. The van der Waals surface area contributed by atoms with Gasteiger partial charge in [0.15, 0.2) is 0 Å². The minimum Gasteiger partial charge on any atom is -0.361 e. The van der Waals surface area contributed by atoms with Crippen LogP contribution in [-0.2, 0) is 4.79 Å². The normalized spacial score (nSPS) is 19.1. The van der Waals surface area contributed by atoms with Gasteiger partial charge >= 0.3 is 5.69 Å². The first-order valence-electron chi connectivity index (χ1n) is 9.49. The third-order valence-electron chi connectivity index (χ3n) is 4.99. The highest BCUT2D eigenvalue weighted by Crippen LogP contribution is 2.31. The van der Waals surface area contributed by atoms with E-state index in [2.05, 4.69) is 20.6 Å². The number of hydrogen-bond acceptors (Lipinski definition) is 7. The van der Waals surface area contributed by atoms with Crippen LogP contribution < -0.4 is 15.5 Å². The number of aromatic nitrogens is 2. The van der Waals surface area contributed by atoms with Crippen LogP contribution in [0.25, 0.3) is 0 Å². The summed E-state index contributed by atoms with van der Waals surface area (Å²) in [5.41, 5.74) is 0.651. The van der Waals surface area contributed by atoms with E-state index in [4.69, 9.17) is 0 Å². The van der Waals surface area contributed by atoms with E-state index in [1.807, 2.05) is 35.2 Å². The summed E-state index contributed by atoms with van der Waals surface area (Å²) in [7, 11) is 0. The summed E-state index contributed by atoms with van der Waals surface area (Å²) in [6.45, 7) is 1.20. The summed E-state index contributed by atoms with van der Waals surface area (Å²) < 4.78 is 0. The topological polar surface area (TPSA) is 113 Å². The van der Waals surface area contributed by atoms with Crippen LogP contribution in [0, 0.1) is 16.0 Å². The van der Waals surface area contributed by atoms with Crippen LogP contribution in [0.1, 0.15) is 25.7 Å². The summed E-state index contributed by atoms with van der Waals surface area (Å²) in [6, 6.07) is 9.61. The molecule has 1 aliphatic carbocycles. The van der Waals surface area contributed by atoms with Crippen LogP contribution in [-0.4, -0.2) is 39.9 Å². The van der Waals surface area contributed by atoms with Crippen molar-refractivity contribution in [3.63, 3.8) is 0 Å². The fourth-order valence-electron chi connectivity index (χ4n) is 3.32. The predicted molar refractivity (Wildman–Crippen MR) is 105 cm³/mol. The lowest BCUT2D eigenvalue weighted by molar-refractivity contribution is -0.384. The molecule has 1 atom stereocenters. The molecule has 1 aromatic heterocycles. The van der Waals surface area contributed by atoms with Crippen LogP contribution in [0.4, 0.5) is 23.1 Å². The summed E-state index contributed by atoms with van der Waals surface area (Å²) >= 11 is 0. The smallest absolute Gasteiger partial charge is 0.329 e. The Labute approximate surface area is 162 Å². The number of para-hydroxylation sites is 1. The Balaban J connectivity index is 1.47. The zero-order valence-electron chi connectivity index (χ0n) is 15.4. The van der Waals surface area contributed by atoms with E-state index in [-0.39, 0.29) is 29.4 Å². The molecule has 1 aromatic carbocycles. The highest BCUT2D eigenvalue weighted by atomic mass is 16.6. The first kappa shape index (κ1) is 18.1. The second-order valence-electron chi connectivity index (χ2n) is 7.22. The Morgan fingerprint density at radius 2 is 2.00 bits per heavy atom. The van der Waals surface area contributed by atoms with Gasteiger partial charge in [0, 0.05) is 24.8 Å². The molecule has 0 radical (unpaired) electrons. The minimum atomic E-state index is -0.471. The molecule has 1 saturated heterocycles. The standard InChI is InChI=1S/C19H22N6O3/c26-18(22-14-6-2-1-3-7-14)13-5-4-10-24(12-13)19-20-11-16(25(27)28)17(23-19)21-15-8-9-15/h1-3,6-7,11,13,15H,4-5,8-10,12H2,(H,22,26)(H,20,21,23). The van der Waals surface area contributed by atoms with E-state index in [1.54, 1.807) is 0 Å². The fourth-order valence-corrected chi connectivity index (χ4v) is 3.32. The van der Waals surface area contributed by atoms with E-state index in [0.29, 0.717) is 12.5 Å². The van der Waals surface area contributed by atoms with E-state index in [0.717, 1.165) is 37.9 Å². The molecule has 28 heavy (non-hydrogen) atoms. The molecule has 146 valence electrons. The number of carbonyl (C=O) groups excluding carboxylic acids is 1. The lowest BCUT2D eigenvalue weighted by Gasteiger charge is -2.32. The van der Waals surface area contributed by atoms with Crippen LogP contribution in [0.5, 0.6) is 0 Å². The molecule has 9 nitrogen and oxygen atoms in total. The van der Waals surface area contributed by atoms with Gasteiger partial charge in [0.05, 0.1) is 10.8 Å². The monoisotopic (exact) mass is 382 g/mol. The second-order valence-corrected chi connectivity index (χ2v) is 7.22. The molecule has 1 aliphatic heterocycles. The Kier molecular flexibility index (Phi) is 5.05. The molecule has 1 unspecified atom stereocenters. The van der Waals surface area contributed by atoms with Gasteiger partial charge in [-0.1, -0.05) is 18.2 Å². The summed E-state index contributed by atoms with van der Waals surface area (Å²) in [4.78, 5) is 33.9. The second kappa shape index (κ2) is 7.79. The van der Waals surface area contributed by atoms with Crippen LogP contribution >= 0.6 is 0 Å². The van der Waals surface area contributed by atoms with Crippen molar-refractivity contribution in [2.24, 2.45) is 5.92 Å². The highest BCUT2D eigenvalue weighted by molar-refractivity contribution is 5.93.